The molecule has 19 heavy (non-hydrogen) atoms. The Bertz CT molecular complexity index is 578. The molecule has 0 N–H and O–H groups in total. The van der Waals surface area contributed by atoms with Crippen molar-refractivity contribution < 1.29 is 9.53 Å². The van der Waals surface area contributed by atoms with E-state index in [4.69, 9.17) is 4.74 Å². The topological polar surface area (TPSA) is 29.5 Å². The van der Waals surface area contributed by atoms with Crippen molar-refractivity contribution in [2.24, 2.45) is 0 Å². The van der Waals surface area contributed by atoms with Crippen LogP contribution in [0.2, 0.25) is 0 Å². The van der Waals surface area contributed by atoms with Crippen molar-refractivity contribution in [2.75, 3.05) is 18.1 Å². The van der Waals surface area contributed by atoms with Gasteiger partial charge >= 0.3 is 0 Å². The van der Waals surface area contributed by atoms with Crippen molar-refractivity contribution >= 4 is 17.7 Å². The number of ether oxygens (including phenoxy) is 1. The molecule has 1 heterocycles. The smallest absolute Gasteiger partial charge is 0.150 e. The summed E-state index contributed by atoms with van der Waals surface area (Å²) < 4.78 is 5.75. The summed E-state index contributed by atoms with van der Waals surface area (Å²) in [6, 6.07) is 15.7. The second kappa shape index (κ2) is 5.14. The van der Waals surface area contributed by atoms with Crippen molar-refractivity contribution in [3.05, 3.63) is 54.1 Å². The second-order valence-corrected chi connectivity index (χ2v) is 4.53. The molecule has 0 amide bonds. The summed E-state index contributed by atoms with van der Waals surface area (Å²) in [5.41, 5.74) is 2.87. The number of aldehydes is 1. The standard InChI is InChI=1S/C16H15NO2/c18-12-13-6-8-14(9-7-13)17-10-3-11-19-16-5-2-1-4-15(16)17/h1-2,4-9,12H,3,10-11H2. The molecular weight excluding hydrogens is 238 g/mol. The van der Waals surface area contributed by atoms with Crippen LogP contribution in [0.5, 0.6) is 5.75 Å². The van der Waals surface area contributed by atoms with Gasteiger partial charge in [-0.3, -0.25) is 4.79 Å². The van der Waals surface area contributed by atoms with Gasteiger partial charge in [0.1, 0.15) is 12.0 Å². The molecule has 0 aliphatic carbocycles. The van der Waals surface area contributed by atoms with Gasteiger partial charge in [-0.05, 0) is 42.8 Å². The van der Waals surface area contributed by atoms with Crippen LogP contribution in [0, 0.1) is 0 Å². The third kappa shape index (κ3) is 2.32. The molecular formula is C16H15NO2. The van der Waals surface area contributed by atoms with E-state index in [1.165, 1.54) is 0 Å². The lowest BCUT2D eigenvalue weighted by Gasteiger charge is -2.23. The molecule has 0 fully saturated rings. The van der Waals surface area contributed by atoms with Crippen molar-refractivity contribution in [3.8, 4) is 5.75 Å². The first-order valence-electron chi connectivity index (χ1n) is 6.43. The van der Waals surface area contributed by atoms with Crippen LogP contribution in [-0.2, 0) is 0 Å². The zero-order chi connectivity index (χ0) is 13.1. The molecule has 0 aromatic heterocycles. The summed E-state index contributed by atoms with van der Waals surface area (Å²) in [6.07, 6.45) is 1.84. The fourth-order valence-electron chi connectivity index (χ4n) is 2.33. The molecule has 0 bridgehead atoms. The van der Waals surface area contributed by atoms with Gasteiger partial charge in [-0.1, -0.05) is 12.1 Å². The van der Waals surface area contributed by atoms with Gasteiger partial charge in [0.2, 0.25) is 0 Å². The van der Waals surface area contributed by atoms with Gasteiger partial charge in [0.15, 0.2) is 0 Å². The molecule has 3 nitrogen and oxygen atoms in total. The maximum Gasteiger partial charge on any atom is 0.150 e. The first-order valence-corrected chi connectivity index (χ1v) is 6.43. The number of benzene rings is 2. The van der Waals surface area contributed by atoms with Crippen LogP contribution in [0.1, 0.15) is 16.8 Å². The zero-order valence-electron chi connectivity index (χ0n) is 10.6. The van der Waals surface area contributed by atoms with E-state index in [-0.39, 0.29) is 0 Å². The Balaban J connectivity index is 2.01. The summed E-state index contributed by atoms with van der Waals surface area (Å²) in [7, 11) is 0. The van der Waals surface area contributed by atoms with Gasteiger partial charge in [-0.2, -0.15) is 0 Å². The summed E-state index contributed by atoms with van der Waals surface area (Å²) in [5.74, 6) is 0.916. The third-order valence-corrected chi connectivity index (χ3v) is 3.28. The van der Waals surface area contributed by atoms with E-state index >= 15 is 0 Å². The molecule has 0 radical (unpaired) electrons. The first-order chi connectivity index (χ1) is 9.38. The van der Waals surface area contributed by atoms with E-state index in [2.05, 4.69) is 11.0 Å². The van der Waals surface area contributed by atoms with E-state index in [1.807, 2.05) is 42.5 Å². The fraction of sp³-hybridized carbons (Fsp3) is 0.188. The number of para-hydroxylation sites is 2. The molecule has 2 aromatic rings. The van der Waals surface area contributed by atoms with Gasteiger partial charge in [0.05, 0.1) is 12.3 Å². The molecule has 96 valence electrons. The zero-order valence-corrected chi connectivity index (χ0v) is 10.6. The molecule has 0 unspecified atom stereocenters. The highest BCUT2D eigenvalue weighted by Gasteiger charge is 2.17. The van der Waals surface area contributed by atoms with Gasteiger partial charge in [0.25, 0.3) is 0 Å². The van der Waals surface area contributed by atoms with Crippen LogP contribution in [0.3, 0.4) is 0 Å². The Morgan fingerprint density at radius 2 is 1.84 bits per heavy atom. The Morgan fingerprint density at radius 1 is 1.05 bits per heavy atom. The van der Waals surface area contributed by atoms with E-state index in [0.717, 1.165) is 43.0 Å². The Kier molecular flexibility index (Phi) is 3.19. The number of carbonyl (C=O) groups excluding carboxylic acids is 1. The number of anilines is 2. The van der Waals surface area contributed by atoms with Crippen molar-refractivity contribution in [2.45, 2.75) is 6.42 Å². The van der Waals surface area contributed by atoms with Gasteiger partial charge in [-0.25, -0.2) is 0 Å². The highest BCUT2D eigenvalue weighted by atomic mass is 16.5. The summed E-state index contributed by atoms with van der Waals surface area (Å²) in [5, 5.41) is 0. The van der Waals surface area contributed by atoms with Crippen LogP contribution in [0.4, 0.5) is 11.4 Å². The lowest BCUT2D eigenvalue weighted by molar-refractivity contribution is 0.112. The highest BCUT2D eigenvalue weighted by Crippen LogP contribution is 2.35. The predicted molar refractivity (Wildman–Crippen MR) is 75.4 cm³/mol. The maximum atomic E-state index is 10.7. The Labute approximate surface area is 112 Å². The number of hydrogen-bond donors (Lipinski definition) is 0. The quantitative estimate of drug-likeness (QED) is 0.768. The largest absolute Gasteiger partial charge is 0.491 e. The number of fused-ring (bicyclic) bond motifs is 1. The number of hydrogen-bond acceptors (Lipinski definition) is 3. The van der Waals surface area contributed by atoms with Gasteiger partial charge in [-0.15, -0.1) is 0 Å². The first kappa shape index (κ1) is 11.8. The SMILES string of the molecule is O=Cc1ccc(N2CCCOc3ccccc32)cc1. The second-order valence-electron chi connectivity index (χ2n) is 4.53. The number of nitrogens with zero attached hydrogens (tertiary/aromatic N) is 1. The molecule has 1 aliphatic heterocycles. The molecule has 3 heteroatoms. The molecule has 0 atom stereocenters. The predicted octanol–water partition coefficient (Wildman–Crippen LogP) is 3.42. The van der Waals surface area contributed by atoms with Crippen LogP contribution in [-0.4, -0.2) is 19.4 Å². The molecule has 1 aliphatic rings. The molecule has 3 rings (SSSR count). The molecule has 0 saturated carbocycles. The number of carbonyl (C=O) groups is 1. The average Bonchev–Trinajstić information content (AvgIpc) is 2.70. The van der Waals surface area contributed by atoms with Crippen molar-refractivity contribution in [3.63, 3.8) is 0 Å². The molecule has 0 spiro atoms. The lowest BCUT2D eigenvalue weighted by Crippen LogP contribution is -2.17. The Hall–Kier alpha value is -2.29. The number of rotatable bonds is 2. The highest BCUT2D eigenvalue weighted by molar-refractivity contribution is 5.77. The minimum Gasteiger partial charge on any atom is -0.491 e. The van der Waals surface area contributed by atoms with Crippen LogP contribution >= 0.6 is 0 Å². The fourth-order valence-corrected chi connectivity index (χ4v) is 2.33. The van der Waals surface area contributed by atoms with Crippen LogP contribution < -0.4 is 9.64 Å². The molecule has 0 saturated heterocycles. The lowest BCUT2D eigenvalue weighted by atomic mass is 10.2. The van der Waals surface area contributed by atoms with Crippen LogP contribution in [0.25, 0.3) is 0 Å². The van der Waals surface area contributed by atoms with E-state index in [9.17, 15) is 4.79 Å². The average molecular weight is 253 g/mol. The van der Waals surface area contributed by atoms with Gasteiger partial charge < -0.3 is 9.64 Å². The van der Waals surface area contributed by atoms with Crippen molar-refractivity contribution in [1.82, 2.24) is 0 Å². The minimum atomic E-state index is 0.697. The van der Waals surface area contributed by atoms with E-state index < -0.39 is 0 Å². The third-order valence-electron chi connectivity index (χ3n) is 3.28. The van der Waals surface area contributed by atoms with Gasteiger partial charge in [0, 0.05) is 17.8 Å². The van der Waals surface area contributed by atoms with Crippen LogP contribution in [0.15, 0.2) is 48.5 Å². The molecule has 2 aromatic carbocycles. The summed E-state index contributed by atoms with van der Waals surface area (Å²) in [4.78, 5) is 12.9. The summed E-state index contributed by atoms with van der Waals surface area (Å²) in [6.45, 7) is 1.65. The minimum absolute atomic E-state index is 0.697. The Morgan fingerprint density at radius 3 is 2.63 bits per heavy atom. The maximum absolute atomic E-state index is 10.7. The van der Waals surface area contributed by atoms with E-state index in [0.29, 0.717) is 5.56 Å². The van der Waals surface area contributed by atoms with Crippen molar-refractivity contribution in [1.29, 1.82) is 0 Å². The van der Waals surface area contributed by atoms with E-state index in [1.54, 1.807) is 0 Å². The summed E-state index contributed by atoms with van der Waals surface area (Å²) >= 11 is 0. The monoisotopic (exact) mass is 253 g/mol. The normalized spacial score (nSPS) is 14.2.